The van der Waals surface area contributed by atoms with Gasteiger partial charge in [-0.25, -0.2) is 15.0 Å². The van der Waals surface area contributed by atoms with Gasteiger partial charge in [-0.1, -0.05) is 116 Å². The lowest BCUT2D eigenvalue weighted by Crippen LogP contribution is -2.13. The molecule has 2 heterocycles. The van der Waals surface area contributed by atoms with Gasteiger partial charge in [0.15, 0.2) is 11.6 Å². The molecule has 1 atom stereocenters. The van der Waals surface area contributed by atoms with E-state index in [0.717, 1.165) is 71.3 Å². The predicted octanol–water partition coefficient (Wildman–Crippen LogP) is 11.1. The molecule has 2 aliphatic carbocycles. The molecule has 4 aromatic rings. The van der Waals surface area contributed by atoms with Gasteiger partial charge in [0, 0.05) is 17.2 Å². The van der Waals surface area contributed by atoms with Gasteiger partial charge in [0.2, 0.25) is 0 Å². The molecule has 0 fully saturated rings. The topological polar surface area (TPSA) is 51.6 Å². The first-order valence-corrected chi connectivity index (χ1v) is 17.1. The Bertz CT molecular complexity index is 2020. The van der Waals surface area contributed by atoms with Gasteiger partial charge < -0.3 is 0 Å². The van der Waals surface area contributed by atoms with E-state index in [4.69, 9.17) is 19.9 Å². The first kappa shape index (κ1) is 32.7. The van der Waals surface area contributed by atoms with Crippen molar-refractivity contribution >= 4 is 22.3 Å². The van der Waals surface area contributed by atoms with Crippen LogP contribution in [0.5, 0.6) is 0 Å². The molecule has 0 bridgehead atoms. The quantitative estimate of drug-likeness (QED) is 0.173. The molecule has 0 unspecified atom stereocenters. The third-order valence-corrected chi connectivity index (χ3v) is 9.00. The van der Waals surface area contributed by atoms with Crippen molar-refractivity contribution in [3.05, 3.63) is 167 Å². The number of allylic oxidation sites excluding steroid dienone is 14. The molecule has 6 rings (SSSR count). The molecule has 0 saturated heterocycles. The van der Waals surface area contributed by atoms with Crippen molar-refractivity contribution in [2.24, 2.45) is 0 Å². The van der Waals surface area contributed by atoms with Gasteiger partial charge in [-0.2, -0.15) is 0 Å². The van der Waals surface area contributed by atoms with Gasteiger partial charge in [-0.3, -0.25) is 4.98 Å². The highest BCUT2D eigenvalue weighted by Crippen LogP contribution is 2.42. The molecular formula is C44H44N4. The van der Waals surface area contributed by atoms with Crippen LogP contribution in [0.2, 0.25) is 0 Å². The molecule has 0 saturated carbocycles. The summed E-state index contributed by atoms with van der Waals surface area (Å²) in [6.45, 7) is 10.3. The second-order valence-corrected chi connectivity index (χ2v) is 12.4. The molecule has 4 nitrogen and oxygen atoms in total. The molecule has 2 aromatic carbocycles. The molecule has 0 amide bonds. The minimum atomic E-state index is -0.0251. The Morgan fingerprint density at radius 2 is 1.56 bits per heavy atom. The lowest BCUT2D eigenvalue weighted by Gasteiger charge is -2.26. The molecule has 2 aromatic heterocycles. The van der Waals surface area contributed by atoms with Gasteiger partial charge >= 0.3 is 0 Å². The van der Waals surface area contributed by atoms with Crippen molar-refractivity contribution in [3.8, 4) is 11.3 Å². The van der Waals surface area contributed by atoms with Crippen molar-refractivity contribution in [1.29, 1.82) is 0 Å². The van der Waals surface area contributed by atoms with Crippen LogP contribution in [0, 0.1) is 6.92 Å². The van der Waals surface area contributed by atoms with E-state index in [0.29, 0.717) is 0 Å². The SMILES string of the molecule is C/C=C\C=C(/C)c1nc(/C(=C/C=C\C)CC)nc([C@H]2C=C(C3=CCCc4ccccc43)C=C(c3ccc(-c4cccc(C)n4)cc3)C2)n1. The van der Waals surface area contributed by atoms with E-state index < -0.39 is 0 Å². The van der Waals surface area contributed by atoms with E-state index in [2.05, 4.69) is 111 Å². The summed E-state index contributed by atoms with van der Waals surface area (Å²) in [6, 6.07) is 23.8. The Balaban J connectivity index is 1.48. The lowest BCUT2D eigenvalue weighted by atomic mass is 9.79. The van der Waals surface area contributed by atoms with Crippen molar-refractivity contribution in [1.82, 2.24) is 19.9 Å². The average molecular weight is 629 g/mol. The smallest absolute Gasteiger partial charge is 0.159 e. The summed E-state index contributed by atoms with van der Waals surface area (Å²) in [4.78, 5) is 20.1. The second kappa shape index (κ2) is 15.1. The predicted molar refractivity (Wildman–Crippen MR) is 202 cm³/mol. The standard InChI is InChI=1S/C44H44N4/c1-6-9-15-30(4)42-46-43(32(8-3)17-10-7-2)48-44(47-42)38-28-36(33-23-25-35(26-24-33)41-22-13-16-31(5)45-41)27-37(29-38)40-21-14-19-34-18-11-12-20-39(34)40/h6-7,9-13,15-18,20-27,29,38H,8,14,19,28H2,1-5H3/b9-6-,10-7-,30-15+,32-17+/t38-/m1/s1. The third-order valence-electron chi connectivity index (χ3n) is 9.00. The fourth-order valence-electron chi connectivity index (χ4n) is 6.41. The highest BCUT2D eigenvalue weighted by atomic mass is 15.0. The monoisotopic (exact) mass is 628 g/mol. The van der Waals surface area contributed by atoms with Crippen molar-refractivity contribution < 1.29 is 0 Å². The number of aryl methyl sites for hydroxylation is 2. The van der Waals surface area contributed by atoms with E-state index in [1.807, 2.05) is 45.1 Å². The molecule has 48 heavy (non-hydrogen) atoms. The third kappa shape index (κ3) is 7.34. The zero-order chi connectivity index (χ0) is 33.5. The van der Waals surface area contributed by atoms with Gasteiger partial charge in [-0.15, -0.1) is 0 Å². The number of fused-ring (bicyclic) bond motifs is 1. The maximum atomic E-state index is 5.19. The maximum absolute atomic E-state index is 5.19. The van der Waals surface area contributed by atoms with Gasteiger partial charge in [0.1, 0.15) is 5.82 Å². The highest BCUT2D eigenvalue weighted by molar-refractivity contribution is 5.89. The molecule has 4 heteroatoms. The fraction of sp³-hybridized carbons (Fsp3) is 0.227. The Hall–Kier alpha value is -5.22. The lowest BCUT2D eigenvalue weighted by molar-refractivity contribution is 0.751. The fourth-order valence-corrected chi connectivity index (χ4v) is 6.41. The van der Waals surface area contributed by atoms with Crippen molar-refractivity contribution in [2.75, 3.05) is 0 Å². The van der Waals surface area contributed by atoms with E-state index in [1.165, 1.54) is 33.4 Å². The molecular weight excluding hydrogens is 585 g/mol. The summed E-state index contributed by atoms with van der Waals surface area (Å²) in [5.41, 5.74) is 12.9. The number of pyridine rings is 1. The molecule has 2 aliphatic rings. The first-order valence-electron chi connectivity index (χ1n) is 17.1. The Morgan fingerprint density at radius 1 is 0.812 bits per heavy atom. The minimum Gasteiger partial charge on any atom is -0.253 e. The molecule has 0 aliphatic heterocycles. The average Bonchev–Trinajstić information content (AvgIpc) is 3.13. The van der Waals surface area contributed by atoms with E-state index in [1.54, 1.807) is 0 Å². The number of rotatable bonds is 9. The van der Waals surface area contributed by atoms with Gasteiger partial charge in [-0.05, 0) is 110 Å². The van der Waals surface area contributed by atoms with Gasteiger partial charge in [0.25, 0.3) is 0 Å². The zero-order valence-corrected chi connectivity index (χ0v) is 28.7. The number of hydrogen-bond acceptors (Lipinski definition) is 4. The Kier molecular flexibility index (Phi) is 10.3. The first-order chi connectivity index (χ1) is 23.5. The normalized spacial score (nSPS) is 16.9. The van der Waals surface area contributed by atoms with Crippen LogP contribution in [-0.2, 0) is 6.42 Å². The molecule has 0 N–H and O–H groups in total. The van der Waals surface area contributed by atoms with E-state index in [9.17, 15) is 0 Å². The summed E-state index contributed by atoms with van der Waals surface area (Å²) >= 11 is 0. The largest absolute Gasteiger partial charge is 0.253 e. The maximum Gasteiger partial charge on any atom is 0.159 e. The van der Waals surface area contributed by atoms with E-state index >= 15 is 0 Å². The van der Waals surface area contributed by atoms with Crippen LogP contribution in [0.25, 0.3) is 33.5 Å². The second-order valence-electron chi connectivity index (χ2n) is 12.4. The molecule has 240 valence electrons. The molecule has 0 spiro atoms. The van der Waals surface area contributed by atoms with Crippen molar-refractivity contribution in [2.45, 2.75) is 66.2 Å². The number of hydrogen-bond donors (Lipinski definition) is 0. The number of nitrogens with zero attached hydrogens (tertiary/aromatic N) is 4. The van der Waals surface area contributed by atoms with Crippen LogP contribution in [0.15, 0.2) is 127 Å². The Labute approximate surface area is 285 Å². The number of aromatic nitrogens is 4. The van der Waals surface area contributed by atoms with Gasteiger partial charge in [0.05, 0.1) is 5.69 Å². The van der Waals surface area contributed by atoms with Crippen LogP contribution in [0.1, 0.15) is 92.7 Å². The zero-order valence-electron chi connectivity index (χ0n) is 28.7. The summed E-state index contributed by atoms with van der Waals surface area (Å²) in [5, 5.41) is 0. The Morgan fingerprint density at radius 3 is 2.33 bits per heavy atom. The van der Waals surface area contributed by atoms with Crippen LogP contribution >= 0.6 is 0 Å². The minimum absolute atomic E-state index is 0.0251. The summed E-state index contributed by atoms with van der Waals surface area (Å²) in [7, 11) is 0. The summed E-state index contributed by atoms with van der Waals surface area (Å²) < 4.78 is 0. The molecule has 0 radical (unpaired) electrons. The van der Waals surface area contributed by atoms with Crippen LogP contribution < -0.4 is 0 Å². The highest BCUT2D eigenvalue weighted by Gasteiger charge is 2.26. The van der Waals surface area contributed by atoms with E-state index in [-0.39, 0.29) is 5.92 Å². The summed E-state index contributed by atoms with van der Waals surface area (Å²) in [5.74, 6) is 2.24. The summed E-state index contributed by atoms with van der Waals surface area (Å²) in [6.07, 6.45) is 23.3. The van der Waals surface area contributed by atoms with Crippen LogP contribution in [0.4, 0.5) is 0 Å². The van der Waals surface area contributed by atoms with Crippen LogP contribution in [-0.4, -0.2) is 19.9 Å². The number of benzene rings is 2. The van der Waals surface area contributed by atoms with Crippen LogP contribution in [0.3, 0.4) is 0 Å². The van der Waals surface area contributed by atoms with Crippen molar-refractivity contribution in [3.63, 3.8) is 0 Å².